The van der Waals surface area contributed by atoms with Gasteiger partial charge in [-0.2, -0.15) is 0 Å². The summed E-state index contributed by atoms with van der Waals surface area (Å²) >= 11 is 0. The molecular formula is C4H6N2NiO4. The molecule has 0 fully saturated rings. The first kappa shape index (κ1) is 13.0. The fourth-order valence-corrected chi connectivity index (χ4v) is 0.318. The van der Waals surface area contributed by atoms with Gasteiger partial charge in [0.15, 0.2) is 0 Å². The minimum Gasteiger partial charge on any atom is -0.855 e. The van der Waals surface area contributed by atoms with Crippen LogP contribution in [-0.2, 0) is 16.5 Å². The van der Waals surface area contributed by atoms with E-state index in [1.54, 1.807) is 0 Å². The summed E-state index contributed by atoms with van der Waals surface area (Å²) in [7, 11) is 0. The van der Waals surface area contributed by atoms with Crippen molar-refractivity contribution < 1.29 is 37.1 Å². The molecule has 0 aliphatic rings. The first-order valence-electron chi connectivity index (χ1n) is 2.39. The third-order valence-electron chi connectivity index (χ3n) is 0.787. The molecule has 1 atom stereocenters. The second kappa shape index (κ2) is 7.46. The maximum absolute atomic E-state index is 10.4. The molecule has 0 bridgehead atoms. The number of rotatable bonds is 3. The van der Waals surface area contributed by atoms with E-state index >= 15 is 0 Å². The Bertz CT molecular complexity index is 149. The van der Waals surface area contributed by atoms with Gasteiger partial charge < -0.3 is 20.6 Å². The fourth-order valence-electron chi connectivity index (χ4n) is 0.318. The maximum Gasteiger partial charge on any atom is 2.00 e. The third kappa shape index (κ3) is 4.72. The Morgan fingerprint density at radius 2 is 2.09 bits per heavy atom. The minimum absolute atomic E-state index is 0. The summed E-state index contributed by atoms with van der Waals surface area (Å²) in [6, 6.07) is 0. The van der Waals surface area contributed by atoms with Crippen molar-refractivity contribution in [3.8, 4) is 0 Å². The van der Waals surface area contributed by atoms with Gasteiger partial charge in [-0.05, 0) is 0 Å². The largest absolute Gasteiger partial charge is 2.00 e. The summed E-state index contributed by atoms with van der Waals surface area (Å²) in [6.45, 7) is -0.953. The van der Waals surface area contributed by atoms with E-state index < -0.39 is 18.4 Å². The van der Waals surface area contributed by atoms with Gasteiger partial charge in [0, 0.05) is 0 Å². The molecule has 0 rings (SSSR count). The van der Waals surface area contributed by atoms with Crippen LogP contribution in [0.15, 0.2) is 10.3 Å². The molecule has 0 aliphatic carbocycles. The molecule has 2 N–H and O–H groups in total. The van der Waals surface area contributed by atoms with Gasteiger partial charge in [-0.3, -0.25) is 0 Å². The van der Waals surface area contributed by atoms with Gasteiger partial charge in [-0.25, -0.2) is 0 Å². The Hall–Kier alpha value is -0.646. The summed E-state index contributed by atoms with van der Waals surface area (Å²) in [4.78, 5) is 0. The number of oxime groups is 2. The Morgan fingerprint density at radius 3 is 2.36 bits per heavy atom. The third-order valence-corrected chi connectivity index (χ3v) is 0.787. The van der Waals surface area contributed by atoms with Gasteiger partial charge in [-0.15, -0.1) is 6.61 Å². The van der Waals surface area contributed by atoms with Gasteiger partial charge in [-0.1, -0.05) is 16.4 Å². The first-order valence-corrected chi connectivity index (χ1v) is 2.39. The Kier molecular flexibility index (Phi) is 8.80. The van der Waals surface area contributed by atoms with Crippen molar-refractivity contribution in [2.24, 2.45) is 10.3 Å². The molecule has 0 heterocycles. The van der Waals surface area contributed by atoms with E-state index in [2.05, 4.69) is 10.3 Å². The molecule has 0 aromatic carbocycles. The second-order valence-corrected chi connectivity index (χ2v) is 1.42. The first-order chi connectivity index (χ1) is 4.76. The number of nitrogens with zero attached hydrogens (tertiary/aromatic N) is 2. The molecule has 66 valence electrons. The van der Waals surface area contributed by atoms with E-state index in [0.717, 1.165) is 0 Å². The Morgan fingerprint density at radius 1 is 1.55 bits per heavy atom. The van der Waals surface area contributed by atoms with Crippen molar-refractivity contribution in [3.63, 3.8) is 0 Å². The fraction of sp³-hybridized carbons (Fsp3) is 0.500. The molecule has 0 saturated carbocycles. The number of hydrogen-bond donors (Lipinski definition) is 2. The molecule has 6 nitrogen and oxygen atoms in total. The Labute approximate surface area is 72.8 Å². The molecule has 0 aromatic rings. The summed E-state index contributed by atoms with van der Waals surface area (Å²) in [5.74, 6) is 0. The molecule has 0 saturated heterocycles. The average Bonchev–Trinajstić information content (AvgIpc) is 1.99. The monoisotopic (exact) mass is 204 g/mol. The van der Waals surface area contributed by atoms with Crippen LogP contribution in [0.3, 0.4) is 0 Å². The van der Waals surface area contributed by atoms with E-state index in [1.165, 1.54) is 0 Å². The molecule has 7 heteroatoms. The quantitative estimate of drug-likeness (QED) is 0.227. The van der Waals surface area contributed by atoms with Crippen LogP contribution < -0.4 is 10.2 Å². The van der Waals surface area contributed by atoms with Crippen molar-refractivity contribution in [2.75, 3.05) is 6.61 Å². The van der Waals surface area contributed by atoms with Gasteiger partial charge in [0.1, 0.15) is 0 Å². The standard InChI is InChI=1S/C4H6N2O4.Ni/c7-2-4(8)3(6-10)1-5-9;/h1,4,9-10H,2H2;/q-2;+2. The van der Waals surface area contributed by atoms with Crippen LogP contribution in [0.2, 0.25) is 0 Å². The summed E-state index contributed by atoms with van der Waals surface area (Å²) in [5.41, 5.74) is -0.475. The summed E-state index contributed by atoms with van der Waals surface area (Å²) < 4.78 is 0. The van der Waals surface area contributed by atoms with Gasteiger partial charge in [0.25, 0.3) is 0 Å². The van der Waals surface area contributed by atoms with Crippen LogP contribution >= 0.6 is 0 Å². The van der Waals surface area contributed by atoms with Crippen molar-refractivity contribution in [1.29, 1.82) is 0 Å². The van der Waals surface area contributed by atoms with Crippen molar-refractivity contribution in [2.45, 2.75) is 6.10 Å². The molecule has 0 spiro atoms. The SMILES string of the molecule is [Ni+2].[O-]CC([O-])C(C=NO)=NO. The Balaban J connectivity index is 0. The zero-order valence-corrected chi connectivity index (χ0v) is 6.27. The molecule has 11 heavy (non-hydrogen) atoms. The maximum atomic E-state index is 10.4. The van der Waals surface area contributed by atoms with Crippen molar-refractivity contribution >= 4 is 11.9 Å². The van der Waals surface area contributed by atoms with Crippen LogP contribution in [0.4, 0.5) is 0 Å². The topological polar surface area (TPSA) is 111 Å². The normalized spacial score (nSPS) is 14.5. The molecule has 0 aliphatic heterocycles. The smallest absolute Gasteiger partial charge is 0.855 e. The predicted octanol–water partition coefficient (Wildman–Crippen LogP) is -2.64. The molecule has 0 aromatic heterocycles. The summed E-state index contributed by atoms with van der Waals surface area (Å²) in [5, 5.41) is 41.0. The van der Waals surface area contributed by atoms with E-state index in [1.807, 2.05) is 0 Å². The van der Waals surface area contributed by atoms with E-state index in [9.17, 15) is 10.2 Å². The van der Waals surface area contributed by atoms with Gasteiger partial charge in [0.2, 0.25) is 0 Å². The van der Waals surface area contributed by atoms with E-state index in [-0.39, 0.29) is 16.5 Å². The van der Waals surface area contributed by atoms with Crippen molar-refractivity contribution in [3.05, 3.63) is 0 Å². The minimum atomic E-state index is -1.68. The van der Waals surface area contributed by atoms with Crippen molar-refractivity contribution in [1.82, 2.24) is 0 Å². The van der Waals surface area contributed by atoms with Gasteiger partial charge >= 0.3 is 16.5 Å². The number of hydrogen-bond acceptors (Lipinski definition) is 6. The van der Waals surface area contributed by atoms with E-state index in [4.69, 9.17) is 10.4 Å². The van der Waals surface area contributed by atoms with Gasteiger partial charge in [0.05, 0.1) is 11.9 Å². The second-order valence-electron chi connectivity index (χ2n) is 1.42. The predicted molar refractivity (Wildman–Crippen MR) is 28.2 cm³/mol. The molecule has 0 amide bonds. The summed E-state index contributed by atoms with van der Waals surface area (Å²) in [6.07, 6.45) is -1.06. The zero-order valence-electron chi connectivity index (χ0n) is 5.28. The molecular weight excluding hydrogens is 199 g/mol. The van der Waals surface area contributed by atoms with Crippen LogP contribution in [0.5, 0.6) is 0 Å². The average molecular weight is 205 g/mol. The van der Waals surface area contributed by atoms with Crippen LogP contribution in [-0.4, -0.2) is 35.1 Å². The van der Waals surface area contributed by atoms with Crippen LogP contribution in [0.25, 0.3) is 0 Å². The zero-order chi connectivity index (χ0) is 7.98. The van der Waals surface area contributed by atoms with Crippen LogP contribution in [0.1, 0.15) is 0 Å². The van der Waals surface area contributed by atoms with E-state index in [0.29, 0.717) is 6.21 Å². The van der Waals surface area contributed by atoms with Crippen LogP contribution in [0, 0.1) is 0 Å². The molecule has 1 unspecified atom stereocenters. The molecule has 0 radical (unpaired) electrons.